The third-order valence-electron chi connectivity index (χ3n) is 6.65. The monoisotopic (exact) mass is 560 g/mol. The summed E-state index contributed by atoms with van der Waals surface area (Å²) in [6.45, 7) is 2.24. The van der Waals surface area contributed by atoms with Crippen LogP contribution < -0.4 is 14.9 Å². The molecule has 0 saturated heterocycles. The molecule has 0 saturated carbocycles. The molecular weight excluding hydrogens is 532 g/mol. The van der Waals surface area contributed by atoms with Crippen molar-refractivity contribution in [3.63, 3.8) is 0 Å². The highest BCUT2D eigenvalue weighted by Crippen LogP contribution is 2.34. The number of hydrazone groups is 1. The van der Waals surface area contributed by atoms with E-state index in [4.69, 9.17) is 9.47 Å². The van der Waals surface area contributed by atoms with Crippen molar-refractivity contribution in [2.45, 2.75) is 13.5 Å². The summed E-state index contributed by atoms with van der Waals surface area (Å²) in [7, 11) is 1.45. The average molecular weight is 561 g/mol. The molecule has 0 aliphatic carbocycles. The highest BCUT2D eigenvalue weighted by molar-refractivity contribution is 5.95. The summed E-state index contributed by atoms with van der Waals surface area (Å²) in [5, 5.41) is 15.8. The molecule has 9 nitrogen and oxygen atoms in total. The largest absolute Gasteiger partial charge is 0.493 e. The number of ether oxygens (including phenoxy) is 2. The van der Waals surface area contributed by atoms with E-state index < -0.39 is 10.8 Å². The lowest BCUT2D eigenvalue weighted by Crippen LogP contribution is -2.17. The minimum absolute atomic E-state index is 0.149. The van der Waals surface area contributed by atoms with E-state index in [2.05, 4.69) is 33.3 Å². The van der Waals surface area contributed by atoms with Crippen molar-refractivity contribution in [1.29, 1.82) is 0 Å². The molecular formula is C33H28N4O5. The summed E-state index contributed by atoms with van der Waals surface area (Å²) in [6, 6.07) is 33.5. The summed E-state index contributed by atoms with van der Waals surface area (Å²) in [5.41, 5.74) is 7.75. The standard InChI is InChI=1S/C33H28N4O5/c1-23-13-18-29(25-11-7-4-8-12-25)36(23)28-16-14-26(15-17-28)33(38)35-34-21-27-19-31(41-2)32(20-30(27)37(39)40)42-22-24-9-5-3-6-10-24/h3-21H,22H2,1-2H3,(H,35,38)/b34-21+. The average Bonchev–Trinajstić information content (AvgIpc) is 3.42. The first-order valence-corrected chi connectivity index (χ1v) is 13.2. The van der Waals surface area contributed by atoms with E-state index in [1.54, 1.807) is 12.1 Å². The van der Waals surface area contributed by atoms with Crippen LogP contribution in [0.2, 0.25) is 0 Å². The van der Waals surface area contributed by atoms with E-state index in [0.29, 0.717) is 11.3 Å². The summed E-state index contributed by atoms with van der Waals surface area (Å²) >= 11 is 0. The van der Waals surface area contributed by atoms with Crippen LogP contribution in [0.25, 0.3) is 16.9 Å². The number of nitrogens with zero attached hydrogens (tertiary/aromatic N) is 3. The zero-order valence-corrected chi connectivity index (χ0v) is 23.1. The Bertz CT molecular complexity index is 1730. The van der Waals surface area contributed by atoms with Crippen LogP contribution in [-0.4, -0.2) is 28.7 Å². The number of hydrogen-bond donors (Lipinski definition) is 1. The molecule has 5 rings (SSSR count). The minimum atomic E-state index is -0.538. The summed E-state index contributed by atoms with van der Waals surface area (Å²) in [4.78, 5) is 24.0. The maximum absolute atomic E-state index is 12.8. The second kappa shape index (κ2) is 12.6. The van der Waals surface area contributed by atoms with Gasteiger partial charge in [0.2, 0.25) is 0 Å². The first kappa shape index (κ1) is 27.9. The van der Waals surface area contributed by atoms with E-state index in [9.17, 15) is 14.9 Å². The SMILES string of the molecule is COc1cc(/C=N/NC(=O)c2ccc(-n3c(C)ccc3-c3ccccc3)cc2)c([N+](=O)[O-])cc1OCc1ccccc1. The molecule has 9 heteroatoms. The summed E-state index contributed by atoms with van der Waals surface area (Å²) in [5.74, 6) is 0.0699. The number of amides is 1. The summed E-state index contributed by atoms with van der Waals surface area (Å²) < 4.78 is 13.3. The molecule has 5 aromatic rings. The van der Waals surface area contributed by atoms with E-state index in [1.807, 2.05) is 73.7 Å². The maximum Gasteiger partial charge on any atom is 0.282 e. The van der Waals surface area contributed by atoms with E-state index in [1.165, 1.54) is 25.5 Å². The van der Waals surface area contributed by atoms with Crippen LogP contribution in [0.1, 0.15) is 27.2 Å². The third kappa shape index (κ3) is 6.20. The zero-order chi connectivity index (χ0) is 29.5. The molecule has 1 amide bonds. The van der Waals surface area contributed by atoms with Crippen molar-refractivity contribution in [2.75, 3.05) is 7.11 Å². The lowest BCUT2D eigenvalue weighted by Gasteiger charge is -2.13. The number of aromatic nitrogens is 1. The lowest BCUT2D eigenvalue weighted by atomic mass is 10.1. The van der Waals surface area contributed by atoms with E-state index in [0.717, 1.165) is 28.2 Å². The Morgan fingerprint density at radius 1 is 0.929 bits per heavy atom. The highest BCUT2D eigenvalue weighted by atomic mass is 16.6. The van der Waals surface area contributed by atoms with Gasteiger partial charge in [-0.3, -0.25) is 14.9 Å². The molecule has 1 aromatic heterocycles. The number of hydrogen-bond acceptors (Lipinski definition) is 6. The molecule has 42 heavy (non-hydrogen) atoms. The minimum Gasteiger partial charge on any atom is -0.493 e. The van der Waals surface area contributed by atoms with Crippen molar-refractivity contribution in [2.24, 2.45) is 5.10 Å². The molecule has 0 atom stereocenters. The number of nitro benzene ring substituents is 1. The Morgan fingerprint density at radius 3 is 2.29 bits per heavy atom. The van der Waals surface area contributed by atoms with Crippen LogP contribution in [-0.2, 0) is 6.61 Å². The van der Waals surface area contributed by atoms with Crippen molar-refractivity contribution in [1.82, 2.24) is 9.99 Å². The molecule has 0 bridgehead atoms. The number of carbonyl (C=O) groups excluding carboxylic acids is 1. The lowest BCUT2D eigenvalue weighted by molar-refractivity contribution is -0.385. The van der Waals surface area contributed by atoms with E-state index >= 15 is 0 Å². The Labute approximate surface area is 242 Å². The number of carbonyl (C=O) groups is 1. The van der Waals surface area contributed by atoms with Crippen LogP contribution in [0, 0.1) is 17.0 Å². The normalized spacial score (nSPS) is 10.9. The second-order valence-electron chi connectivity index (χ2n) is 9.40. The Morgan fingerprint density at radius 2 is 1.62 bits per heavy atom. The number of methoxy groups -OCH3 is 1. The van der Waals surface area contributed by atoms with Crippen molar-refractivity contribution >= 4 is 17.8 Å². The topological polar surface area (TPSA) is 108 Å². The van der Waals surface area contributed by atoms with E-state index in [-0.39, 0.29) is 23.6 Å². The van der Waals surface area contributed by atoms with Crippen molar-refractivity contribution in [3.8, 4) is 28.4 Å². The fraction of sp³-hybridized carbons (Fsp3) is 0.0909. The van der Waals surface area contributed by atoms with Crippen molar-refractivity contribution in [3.05, 3.63) is 142 Å². The highest BCUT2D eigenvalue weighted by Gasteiger charge is 2.19. The maximum atomic E-state index is 12.8. The fourth-order valence-corrected chi connectivity index (χ4v) is 4.54. The van der Waals surface area contributed by atoms with Crippen LogP contribution in [0.5, 0.6) is 11.5 Å². The second-order valence-corrected chi connectivity index (χ2v) is 9.40. The van der Waals surface area contributed by atoms with Crippen molar-refractivity contribution < 1.29 is 19.2 Å². The molecule has 1 N–H and O–H groups in total. The molecule has 0 aliphatic rings. The molecule has 210 valence electrons. The number of rotatable bonds is 10. The van der Waals surface area contributed by atoms with Gasteiger partial charge in [-0.25, -0.2) is 5.43 Å². The van der Waals surface area contributed by atoms with Gasteiger partial charge in [0, 0.05) is 16.9 Å². The van der Waals surface area contributed by atoms with Gasteiger partial charge in [-0.2, -0.15) is 5.10 Å². The van der Waals surface area contributed by atoms with Gasteiger partial charge in [-0.05, 0) is 60.5 Å². The molecule has 0 radical (unpaired) electrons. The fourth-order valence-electron chi connectivity index (χ4n) is 4.54. The zero-order valence-electron chi connectivity index (χ0n) is 23.1. The summed E-state index contributed by atoms with van der Waals surface area (Å²) in [6.07, 6.45) is 1.21. The molecule has 0 unspecified atom stereocenters. The Hall–Kier alpha value is -5.70. The predicted octanol–water partition coefficient (Wildman–Crippen LogP) is 6.71. The van der Waals surface area contributed by atoms with Gasteiger partial charge in [0.15, 0.2) is 11.5 Å². The van der Waals surface area contributed by atoms with Gasteiger partial charge >= 0.3 is 0 Å². The number of benzene rings is 4. The Balaban J connectivity index is 1.30. The molecule has 1 heterocycles. The van der Waals surface area contributed by atoms with Gasteiger partial charge < -0.3 is 14.0 Å². The predicted molar refractivity (Wildman–Crippen MR) is 161 cm³/mol. The van der Waals surface area contributed by atoms with Crippen LogP contribution >= 0.6 is 0 Å². The van der Waals surface area contributed by atoms with Gasteiger partial charge in [0.1, 0.15) is 6.61 Å². The quantitative estimate of drug-likeness (QED) is 0.116. The smallest absolute Gasteiger partial charge is 0.282 e. The molecule has 4 aromatic carbocycles. The molecule has 0 aliphatic heterocycles. The number of nitro groups is 1. The van der Waals surface area contributed by atoms with Crippen LogP contribution in [0.3, 0.4) is 0 Å². The molecule has 0 fully saturated rings. The number of aryl methyl sites for hydroxylation is 1. The van der Waals surface area contributed by atoms with Crippen LogP contribution in [0.4, 0.5) is 5.69 Å². The van der Waals surface area contributed by atoms with Gasteiger partial charge in [0.25, 0.3) is 11.6 Å². The van der Waals surface area contributed by atoms with Gasteiger partial charge in [-0.1, -0.05) is 60.7 Å². The molecule has 0 spiro atoms. The first-order chi connectivity index (χ1) is 20.4. The third-order valence-corrected chi connectivity index (χ3v) is 6.65. The number of nitrogens with one attached hydrogen (secondary N) is 1. The van der Waals surface area contributed by atoms with Gasteiger partial charge in [0.05, 0.1) is 35.6 Å². The van der Waals surface area contributed by atoms with Crippen LogP contribution in [0.15, 0.2) is 114 Å². The first-order valence-electron chi connectivity index (χ1n) is 13.2. The van der Waals surface area contributed by atoms with Gasteiger partial charge in [-0.15, -0.1) is 0 Å². The Kier molecular flexibility index (Phi) is 8.39.